The van der Waals surface area contributed by atoms with E-state index >= 15 is 0 Å². The number of aryl methyl sites for hydroxylation is 2. The van der Waals surface area contributed by atoms with E-state index in [4.69, 9.17) is 0 Å². The molecule has 8 heteroatoms. The van der Waals surface area contributed by atoms with Crippen LogP contribution in [0.1, 0.15) is 26.0 Å². The van der Waals surface area contributed by atoms with Crippen molar-refractivity contribution >= 4 is 22.3 Å². The Morgan fingerprint density at radius 1 is 1.58 bits per heavy atom. The number of hydrogen-bond acceptors (Lipinski definition) is 5. The first-order chi connectivity index (χ1) is 8.88. The van der Waals surface area contributed by atoms with Gasteiger partial charge in [-0.2, -0.15) is 5.10 Å². The fourth-order valence-electron chi connectivity index (χ4n) is 1.76. The summed E-state index contributed by atoms with van der Waals surface area (Å²) in [6.45, 7) is 4.26. The topological polar surface area (TPSA) is 90.1 Å². The summed E-state index contributed by atoms with van der Waals surface area (Å²) in [5.74, 6) is 0.413. The van der Waals surface area contributed by atoms with Crippen LogP contribution in [-0.2, 0) is 24.3 Å². The fraction of sp³-hybridized carbons (Fsp3) is 0.727. The highest BCUT2D eigenvalue weighted by Gasteiger charge is 2.25. The van der Waals surface area contributed by atoms with Crippen LogP contribution >= 0.6 is 0 Å². The molecule has 7 nitrogen and oxygen atoms in total. The van der Waals surface area contributed by atoms with Crippen molar-refractivity contribution in [3.63, 3.8) is 0 Å². The SMILES string of the molecule is CCc1nn(C)c(NCCC(C)S(C)=O)c1[N+](=O)[O-]. The van der Waals surface area contributed by atoms with E-state index in [9.17, 15) is 14.3 Å². The lowest BCUT2D eigenvalue weighted by Crippen LogP contribution is -2.16. The number of anilines is 1. The minimum absolute atomic E-state index is 0.0373. The van der Waals surface area contributed by atoms with Crippen LogP contribution in [-0.4, -0.2) is 37.0 Å². The van der Waals surface area contributed by atoms with E-state index in [1.807, 2.05) is 13.8 Å². The smallest absolute Gasteiger partial charge is 0.333 e. The molecule has 1 heterocycles. The predicted molar refractivity (Wildman–Crippen MR) is 75.9 cm³/mol. The maximum Gasteiger partial charge on any atom is 0.333 e. The normalized spacial score (nSPS) is 14.1. The Morgan fingerprint density at radius 2 is 2.21 bits per heavy atom. The number of hydrogen-bond donors (Lipinski definition) is 1. The summed E-state index contributed by atoms with van der Waals surface area (Å²) in [7, 11) is 0.796. The molecule has 0 aliphatic carbocycles. The number of rotatable bonds is 7. The van der Waals surface area contributed by atoms with Crippen molar-refractivity contribution in [2.24, 2.45) is 7.05 Å². The summed E-state index contributed by atoms with van der Waals surface area (Å²) < 4.78 is 12.7. The summed E-state index contributed by atoms with van der Waals surface area (Å²) in [4.78, 5) is 10.7. The summed E-state index contributed by atoms with van der Waals surface area (Å²) in [5, 5.41) is 18.3. The molecule has 0 radical (unpaired) electrons. The van der Waals surface area contributed by atoms with Crippen LogP contribution in [0.4, 0.5) is 11.5 Å². The van der Waals surface area contributed by atoms with Gasteiger partial charge in [0, 0.05) is 35.9 Å². The quantitative estimate of drug-likeness (QED) is 0.606. The first-order valence-electron chi connectivity index (χ1n) is 6.14. The zero-order valence-electron chi connectivity index (χ0n) is 11.7. The molecule has 0 saturated heterocycles. The molecule has 2 atom stereocenters. The van der Waals surface area contributed by atoms with Crippen LogP contribution in [0.3, 0.4) is 0 Å². The van der Waals surface area contributed by atoms with Crippen LogP contribution < -0.4 is 5.32 Å². The zero-order valence-corrected chi connectivity index (χ0v) is 12.5. The second kappa shape index (κ2) is 6.65. The minimum Gasteiger partial charge on any atom is -0.364 e. The molecule has 0 saturated carbocycles. The number of nitrogens with one attached hydrogen (secondary N) is 1. The van der Waals surface area contributed by atoms with E-state index in [0.717, 1.165) is 0 Å². The number of nitrogens with zero attached hydrogens (tertiary/aromatic N) is 3. The zero-order chi connectivity index (χ0) is 14.6. The Labute approximate surface area is 115 Å². The van der Waals surface area contributed by atoms with Gasteiger partial charge in [0.1, 0.15) is 5.69 Å². The molecule has 108 valence electrons. The van der Waals surface area contributed by atoms with Gasteiger partial charge in [-0.3, -0.25) is 14.3 Å². The van der Waals surface area contributed by atoms with Crippen molar-refractivity contribution in [1.29, 1.82) is 0 Å². The molecule has 1 rings (SSSR count). The third-order valence-electron chi connectivity index (χ3n) is 3.02. The summed E-state index contributed by atoms with van der Waals surface area (Å²) in [6.07, 6.45) is 2.86. The maximum absolute atomic E-state index is 11.2. The van der Waals surface area contributed by atoms with E-state index in [0.29, 0.717) is 30.9 Å². The van der Waals surface area contributed by atoms with E-state index < -0.39 is 15.7 Å². The molecular weight excluding hydrogens is 268 g/mol. The Balaban J connectivity index is 2.80. The predicted octanol–water partition coefficient (Wildman–Crippen LogP) is 1.46. The van der Waals surface area contributed by atoms with Crippen LogP contribution in [0.2, 0.25) is 0 Å². The summed E-state index contributed by atoms with van der Waals surface area (Å²) in [5.41, 5.74) is 0.511. The van der Waals surface area contributed by atoms with Crippen LogP contribution in [0.5, 0.6) is 0 Å². The highest BCUT2D eigenvalue weighted by Crippen LogP contribution is 2.28. The first kappa shape index (κ1) is 15.6. The summed E-state index contributed by atoms with van der Waals surface area (Å²) >= 11 is 0. The lowest BCUT2D eigenvalue weighted by atomic mass is 10.3. The van der Waals surface area contributed by atoms with Crippen molar-refractivity contribution in [2.45, 2.75) is 31.9 Å². The van der Waals surface area contributed by atoms with Gasteiger partial charge in [-0.1, -0.05) is 13.8 Å². The van der Waals surface area contributed by atoms with Gasteiger partial charge in [0.05, 0.1) is 4.92 Å². The third-order valence-corrected chi connectivity index (χ3v) is 4.39. The van der Waals surface area contributed by atoms with Gasteiger partial charge in [-0.25, -0.2) is 4.68 Å². The highest BCUT2D eigenvalue weighted by molar-refractivity contribution is 7.84. The average molecular weight is 288 g/mol. The second-order valence-corrected chi connectivity index (χ2v) is 6.20. The molecule has 19 heavy (non-hydrogen) atoms. The Kier molecular flexibility index (Phi) is 5.46. The molecule has 1 aromatic rings. The van der Waals surface area contributed by atoms with Gasteiger partial charge in [0.25, 0.3) is 0 Å². The fourth-order valence-corrected chi connectivity index (χ4v) is 2.21. The van der Waals surface area contributed by atoms with Crippen LogP contribution in [0, 0.1) is 10.1 Å². The molecule has 0 amide bonds. The second-order valence-electron chi connectivity index (χ2n) is 4.40. The van der Waals surface area contributed by atoms with E-state index in [1.165, 1.54) is 4.68 Å². The molecule has 0 aliphatic rings. The molecule has 0 aromatic carbocycles. The lowest BCUT2D eigenvalue weighted by Gasteiger charge is -2.09. The molecule has 1 aromatic heterocycles. The molecule has 0 aliphatic heterocycles. The standard InChI is InChI=1S/C11H20N4O3S/c1-5-9-10(15(16)17)11(14(3)13-9)12-7-6-8(2)19(4)18/h8,12H,5-7H2,1-4H3. The molecule has 0 spiro atoms. The highest BCUT2D eigenvalue weighted by atomic mass is 32.2. The van der Waals surface area contributed by atoms with Crippen molar-refractivity contribution < 1.29 is 9.13 Å². The third kappa shape index (κ3) is 3.76. The van der Waals surface area contributed by atoms with Gasteiger partial charge in [-0.15, -0.1) is 0 Å². The monoisotopic (exact) mass is 288 g/mol. The molecule has 0 bridgehead atoms. The Hall–Kier alpha value is -1.44. The summed E-state index contributed by atoms with van der Waals surface area (Å²) in [6, 6.07) is 0. The maximum atomic E-state index is 11.2. The van der Waals surface area contributed by atoms with Gasteiger partial charge in [0.15, 0.2) is 0 Å². The van der Waals surface area contributed by atoms with Crippen molar-refractivity contribution in [2.75, 3.05) is 18.1 Å². The van der Waals surface area contributed by atoms with E-state index in [-0.39, 0.29) is 10.9 Å². The Morgan fingerprint density at radius 3 is 2.68 bits per heavy atom. The average Bonchev–Trinajstić information content (AvgIpc) is 2.65. The molecule has 1 N–H and O–H groups in total. The molecule has 0 fully saturated rings. The van der Waals surface area contributed by atoms with Crippen molar-refractivity contribution in [3.8, 4) is 0 Å². The Bertz CT molecular complexity index is 487. The first-order valence-corrected chi connectivity index (χ1v) is 7.76. The molecule has 2 unspecified atom stereocenters. The van der Waals surface area contributed by atoms with Crippen LogP contribution in [0.25, 0.3) is 0 Å². The van der Waals surface area contributed by atoms with Gasteiger partial charge in [-0.05, 0) is 12.8 Å². The number of aromatic nitrogens is 2. The molecular formula is C11H20N4O3S. The van der Waals surface area contributed by atoms with Gasteiger partial charge in [0.2, 0.25) is 5.82 Å². The minimum atomic E-state index is -0.880. The van der Waals surface area contributed by atoms with Crippen molar-refractivity contribution in [1.82, 2.24) is 9.78 Å². The van der Waals surface area contributed by atoms with Gasteiger partial charge < -0.3 is 5.32 Å². The number of nitro groups is 1. The largest absolute Gasteiger partial charge is 0.364 e. The van der Waals surface area contributed by atoms with Crippen molar-refractivity contribution in [3.05, 3.63) is 15.8 Å². The van der Waals surface area contributed by atoms with Crippen LogP contribution in [0.15, 0.2) is 0 Å². The van der Waals surface area contributed by atoms with Gasteiger partial charge >= 0.3 is 5.69 Å². The van der Waals surface area contributed by atoms with E-state index in [1.54, 1.807) is 13.3 Å². The lowest BCUT2D eigenvalue weighted by molar-refractivity contribution is -0.384. The van der Waals surface area contributed by atoms with E-state index in [2.05, 4.69) is 10.4 Å².